The summed E-state index contributed by atoms with van der Waals surface area (Å²) in [5, 5.41) is 10.5. The molecular formula is C15H15NO5S. The Kier molecular flexibility index (Phi) is 5.24. The Balaban J connectivity index is 1.86. The van der Waals surface area contributed by atoms with E-state index in [0.717, 1.165) is 5.56 Å². The van der Waals surface area contributed by atoms with E-state index in [1.54, 1.807) is 36.4 Å². The van der Waals surface area contributed by atoms with Crippen LogP contribution in [0.2, 0.25) is 0 Å². The van der Waals surface area contributed by atoms with Crippen LogP contribution in [0.3, 0.4) is 0 Å². The molecule has 0 amide bonds. The Labute approximate surface area is 128 Å². The standard InChI is InChI=1S/C15H15NO5S/c17-16(18)15-8-6-13(7-9-15)10-11-21-22(19,20)12-14-4-2-1-3-5-14/h1-9H,10-12H2. The normalized spacial score (nSPS) is 11.3. The van der Waals surface area contributed by atoms with E-state index < -0.39 is 15.0 Å². The summed E-state index contributed by atoms with van der Waals surface area (Å²) >= 11 is 0. The zero-order chi connectivity index (χ0) is 16.0. The van der Waals surface area contributed by atoms with Gasteiger partial charge in [0.1, 0.15) is 5.75 Å². The summed E-state index contributed by atoms with van der Waals surface area (Å²) in [7, 11) is -3.63. The molecule has 2 aromatic carbocycles. The average Bonchev–Trinajstić information content (AvgIpc) is 2.48. The molecule has 0 N–H and O–H groups in total. The third-order valence-electron chi connectivity index (χ3n) is 2.99. The first kappa shape index (κ1) is 16.1. The van der Waals surface area contributed by atoms with Gasteiger partial charge in [0.25, 0.3) is 15.8 Å². The van der Waals surface area contributed by atoms with Crippen molar-refractivity contribution >= 4 is 15.8 Å². The quantitative estimate of drug-likeness (QED) is 0.444. The Bertz CT molecular complexity index is 726. The fourth-order valence-electron chi connectivity index (χ4n) is 1.89. The number of nitrogens with zero attached hydrogens (tertiary/aromatic N) is 1. The van der Waals surface area contributed by atoms with Crippen LogP contribution < -0.4 is 0 Å². The van der Waals surface area contributed by atoms with Crippen molar-refractivity contribution in [3.05, 3.63) is 75.8 Å². The lowest BCUT2D eigenvalue weighted by Crippen LogP contribution is -2.11. The molecule has 2 rings (SSSR count). The van der Waals surface area contributed by atoms with Gasteiger partial charge in [-0.1, -0.05) is 42.5 Å². The monoisotopic (exact) mass is 321 g/mol. The fourth-order valence-corrected chi connectivity index (χ4v) is 2.91. The summed E-state index contributed by atoms with van der Waals surface area (Å²) in [6, 6.07) is 14.7. The van der Waals surface area contributed by atoms with Crippen LogP contribution in [0.1, 0.15) is 11.1 Å². The van der Waals surface area contributed by atoms with Crippen LogP contribution in [-0.2, 0) is 26.5 Å². The highest BCUT2D eigenvalue weighted by molar-refractivity contribution is 7.85. The summed E-state index contributed by atoms with van der Waals surface area (Å²) in [5.41, 5.74) is 1.44. The van der Waals surface area contributed by atoms with Crippen LogP contribution in [0.15, 0.2) is 54.6 Å². The van der Waals surface area contributed by atoms with Crippen molar-refractivity contribution in [1.29, 1.82) is 0 Å². The topological polar surface area (TPSA) is 86.5 Å². The first-order chi connectivity index (χ1) is 10.5. The van der Waals surface area contributed by atoms with Gasteiger partial charge in [0.2, 0.25) is 0 Å². The fraction of sp³-hybridized carbons (Fsp3) is 0.200. The molecule has 0 aliphatic carbocycles. The maximum atomic E-state index is 11.8. The molecule has 0 aromatic heterocycles. The second-order valence-corrected chi connectivity index (χ2v) is 6.32. The third-order valence-corrected chi connectivity index (χ3v) is 4.20. The van der Waals surface area contributed by atoms with Crippen LogP contribution in [0, 0.1) is 10.1 Å². The van der Waals surface area contributed by atoms with Crippen molar-refractivity contribution in [2.75, 3.05) is 6.61 Å². The molecule has 0 bridgehead atoms. The molecular weight excluding hydrogens is 306 g/mol. The Morgan fingerprint density at radius 3 is 2.18 bits per heavy atom. The zero-order valence-corrected chi connectivity index (χ0v) is 12.5. The van der Waals surface area contributed by atoms with E-state index in [0.29, 0.717) is 12.0 Å². The van der Waals surface area contributed by atoms with Gasteiger partial charge in [-0.3, -0.25) is 14.3 Å². The number of nitro benzene ring substituents is 1. The van der Waals surface area contributed by atoms with Crippen molar-refractivity contribution in [1.82, 2.24) is 0 Å². The van der Waals surface area contributed by atoms with Gasteiger partial charge in [0, 0.05) is 12.1 Å². The van der Waals surface area contributed by atoms with Crippen molar-refractivity contribution in [3.8, 4) is 0 Å². The summed E-state index contributed by atoms with van der Waals surface area (Å²) < 4.78 is 28.6. The summed E-state index contributed by atoms with van der Waals surface area (Å²) in [6.07, 6.45) is 0.367. The van der Waals surface area contributed by atoms with E-state index in [-0.39, 0.29) is 18.0 Å². The van der Waals surface area contributed by atoms with E-state index in [2.05, 4.69) is 0 Å². The number of non-ortho nitro benzene ring substituents is 1. The largest absolute Gasteiger partial charge is 0.271 e. The first-order valence-electron chi connectivity index (χ1n) is 6.61. The minimum atomic E-state index is -3.63. The average molecular weight is 321 g/mol. The van der Waals surface area contributed by atoms with Crippen molar-refractivity contribution in [3.63, 3.8) is 0 Å². The van der Waals surface area contributed by atoms with Crippen LogP contribution in [0.5, 0.6) is 0 Å². The Morgan fingerprint density at radius 1 is 0.955 bits per heavy atom. The number of rotatable bonds is 7. The molecule has 0 aliphatic heterocycles. The molecule has 116 valence electrons. The minimum Gasteiger partial charge on any atom is -0.270 e. The SMILES string of the molecule is O=[N+]([O-])c1ccc(CCOS(=O)(=O)Cc2ccccc2)cc1. The Morgan fingerprint density at radius 2 is 1.59 bits per heavy atom. The highest BCUT2D eigenvalue weighted by Crippen LogP contribution is 2.13. The Hall–Kier alpha value is -2.25. The number of nitro groups is 1. The molecule has 0 spiro atoms. The number of benzene rings is 2. The molecule has 0 radical (unpaired) electrons. The molecule has 22 heavy (non-hydrogen) atoms. The molecule has 0 heterocycles. The smallest absolute Gasteiger partial charge is 0.270 e. The van der Waals surface area contributed by atoms with Crippen molar-refractivity contribution in [2.45, 2.75) is 12.2 Å². The number of hydrogen-bond donors (Lipinski definition) is 0. The van der Waals surface area contributed by atoms with Gasteiger partial charge in [-0.15, -0.1) is 0 Å². The summed E-state index contributed by atoms with van der Waals surface area (Å²) in [5.74, 6) is -0.173. The van der Waals surface area contributed by atoms with Crippen molar-refractivity contribution in [2.24, 2.45) is 0 Å². The molecule has 7 heteroatoms. The maximum absolute atomic E-state index is 11.8. The lowest BCUT2D eigenvalue weighted by atomic mass is 10.1. The molecule has 0 atom stereocenters. The van der Waals surface area contributed by atoms with Gasteiger partial charge >= 0.3 is 0 Å². The van der Waals surface area contributed by atoms with E-state index in [4.69, 9.17) is 4.18 Å². The first-order valence-corrected chi connectivity index (χ1v) is 8.18. The van der Waals surface area contributed by atoms with Crippen LogP contribution in [-0.4, -0.2) is 19.9 Å². The van der Waals surface area contributed by atoms with Gasteiger partial charge in [-0.05, 0) is 17.5 Å². The summed E-state index contributed by atoms with van der Waals surface area (Å²) in [4.78, 5) is 10.1. The lowest BCUT2D eigenvalue weighted by molar-refractivity contribution is -0.384. The zero-order valence-electron chi connectivity index (χ0n) is 11.7. The van der Waals surface area contributed by atoms with Gasteiger partial charge in [-0.25, -0.2) is 0 Å². The molecule has 6 nitrogen and oxygen atoms in total. The lowest BCUT2D eigenvalue weighted by Gasteiger charge is -2.06. The van der Waals surface area contributed by atoms with E-state index in [1.807, 2.05) is 6.07 Å². The highest BCUT2D eigenvalue weighted by Gasteiger charge is 2.12. The molecule has 0 fully saturated rings. The van der Waals surface area contributed by atoms with Crippen LogP contribution >= 0.6 is 0 Å². The highest BCUT2D eigenvalue weighted by atomic mass is 32.2. The predicted octanol–water partition coefficient (Wildman–Crippen LogP) is 2.68. The van der Waals surface area contributed by atoms with E-state index >= 15 is 0 Å². The van der Waals surface area contributed by atoms with Crippen LogP contribution in [0.4, 0.5) is 5.69 Å². The molecule has 0 unspecified atom stereocenters. The molecule has 0 saturated heterocycles. The third kappa shape index (κ3) is 4.94. The molecule has 2 aromatic rings. The second kappa shape index (κ2) is 7.15. The van der Waals surface area contributed by atoms with E-state index in [9.17, 15) is 18.5 Å². The van der Waals surface area contributed by atoms with Gasteiger partial charge in [0.15, 0.2) is 0 Å². The van der Waals surface area contributed by atoms with Crippen molar-refractivity contribution < 1.29 is 17.5 Å². The molecule has 0 aliphatic rings. The van der Waals surface area contributed by atoms with Crippen LogP contribution in [0.25, 0.3) is 0 Å². The molecule has 0 saturated carbocycles. The minimum absolute atomic E-state index is 0.00127. The van der Waals surface area contributed by atoms with E-state index in [1.165, 1.54) is 12.1 Å². The van der Waals surface area contributed by atoms with Gasteiger partial charge < -0.3 is 0 Å². The second-order valence-electron chi connectivity index (χ2n) is 4.68. The maximum Gasteiger partial charge on any atom is 0.271 e. The predicted molar refractivity (Wildman–Crippen MR) is 81.8 cm³/mol. The van der Waals surface area contributed by atoms with Gasteiger partial charge in [-0.2, -0.15) is 8.42 Å². The number of hydrogen-bond acceptors (Lipinski definition) is 5. The summed E-state index contributed by atoms with van der Waals surface area (Å²) in [6.45, 7) is 0.00692. The van der Waals surface area contributed by atoms with Gasteiger partial charge in [0.05, 0.1) is 11.5 Å².